The third-order valence-electron chi connectivity index (χ3n) is 3.80. The Morgan fingerprint density at radius 1 is 1.19 bits per heavy atom. The Kier molecular flexibility index (Phi) is 5.81. The van der Waals surface area contributed by atoms with Gasteiger partial charge in [-0.2, -0.15) is 0 Å². The summed E-state index contributed by atoms with van der Waals surface area (Å²) >= 11 is 1.55. The molecular weight excluding hydrogens is 346 g/mol. The molecule has 0 aliphatic heterocycles. The highest BCUT2D eigenvalue weighted by Crippen LogP contribution is 2.21. The van der Waals surface area contributed by atoms with E-state index in [1.807, 2.05) is 54.8 Å². The topological polar surface area (TPSA) is 48.4 Å². The van der Waals surface area contributed by atoms with Crippen molar-refractivity contribution in [3.05, 3.63) is 81.8 Å². The average Bonchev–Trinajstić information content (AvgIpc) is 3.19. The van der Waals surface area contributed by atoms with Crippen LogP contribution in [0.15, 0.2) is 59.4 Å². The standard InChI is InChI=1S/C21H19NO3S/c1-15-3-10-21(24-2)19(11-15)20(23)9-6-16-4-7-18(8-5-16)25-12-17-13-26-14-22-17/h3-11,13-14H,12H2,1-2H3/b9-6+. The van der Waals surface area contributed by atoms with Gasteiger partial charge in [0.15, 0.2) is 5.78 Å². The predicted octanol–water partition coefficient (Wildman–Crippen LogP) is 4.94. The van der Waals surface area contributed by atoms with Crippen LogP contribution in [-0.4, -0.2) is 17.9 Å². The van der Waals surface area contributed by atoms with Gasteiger partial charge in [0.1, 0.15) is 18.1 Å². The smallest absolute Gasteiger partial charge is 0.189 e. The van der Waals surface area contributed by atoms with Crippen molar-refractivity contribution in [1.82, 2.24) is 4.98 Å². The molecular formula is C21H19NO3S. The minimum Gasteiger partial charge on any atom is -0.496 e. The molecule has 2 aromatic carbocycles. The maximum Gasteiger partial charge on any atom is 0.189 e. The second-order valence-electron chi connectivity index (χ2n) is 5.74. The van der Waals surface area contributed by atoms with Crippen molar-refractivity contribution in [3.63, 3.8) is 0 Å². The summed E-state index contributed by atoms with van der Waals surface area (Å²) in [6, 6.07) is 13.1. The summed E-state index contributed by atoms with van der Waals surface area (Å²) < 4.78 is 11.0. The van der Waals surface area contributed by atoms with E-state index in [4.69, 9.17) is 9.47 Å². The van der Waals surface area contributed by atoms with Gasteiger partial charge in [-0.15, -0.1) is 11.3 Å². The SMILES string of the molecule is COc1ccc(C)cc1C(=O)/C=C/c1ccc(OCc2cscn2)cc1. The van der Waals surface area contributed by atoms with Gasteiger partial charge in [0.05, 0.1) is 23.9 Å². The van der Waals surface area contributed by atoms with E-state index in [1.165, 1.54) is 0 Å². The van der Waals surface area contributed by atoms with Gasteiger partial charge in [-0.3, -0.25) is 4.79 Å². The molecule has 1 aromatic heterocycles. The molecule has 5 heteroatoms. The Balaban J connectivity index is 1.65. The fourth-order valence-corrected chi connectivity index (χ4v) is 2.96. The van der Waals surface area contributed by atoms with Crippen molar-refractivity contribution in [3.8, 4) is 11.5 Å². The summed E-state index contributed by atoms with van der Waals surface area (Å²) in [7, 11) is 1.56. The van der Waals surface area contributed by atoms with E-state index in [9.17, 15) is 4.79 Å². The van der Waals surface area contributed by atoms with Gasteiger partial charge < -0.3 is 9.47 Å². The molecule has 3 aromatic rings. The maximum absolute atomic E-state index is 12.5. The molecule has 0 unspecified atom stereocenters. The monoisotopic (exact) mass is 365 g/mol. The van der Waals surface area contributed by atoms with E-state index in [0.717, 1.165) is 22.6 Å². The Labute approximate surface area is 156 Å². The number of aryl methyl sites for hydroxylation is 1. The lowest BCUT2D eigenvalue weighted by atomic mass is 10.1. The zero-order valence-electron chi connectivity index (χ0n) is 14.6. The first kappa shape index (κ1) is 17.9. The Bertz CT molecular complexity index is 900. The number of thiazole rings is 1. The molecule has 0 aliphatic rings. The van der Waals surface area contributed by atoms with Gasteiger partial charge in [-0.05, 0) is 42.8 Å². The van der Waals surface area contributed by atoms with Crippen molar-refractivity contribution in [2.24, 2.45) is 0 Å². The van der Waals surface area contributed by atoms with Crippen molar-refractivity contribution in [2.75, 3.05) is 7.11 Å². The van der Waals surface area contributed by atoms with Crippen LogP contribution in [0.3, 0.4) is 0 Å². The van der Waals surface area contributed by atoms with Crippen LogP contribution in [0, 0.1) is 6.92 Å². The van der Waals surface area contributed by atoms with Crippen LogP contribution >= 0.6 is 11.3 Å². The summed E-state index contributed by atoms with van der Waals surface area (Å²) in [6.45, 7) is 2.40. The van der Waals surface area contributed by atoms with Crippen LogP contribution in [0.25, 0.3) is 6.08 Å². The fraction of sp³-hybridized carbons (Fsp3) is 0.143. The molecule has 0 spiro atoms. The van der Waals surface area contributed by atoms with E-state index in [2.05, 4.69) is 4.98 Å². The lowest BCUT2D eigenvalue weighted by Crippen LogP contribution is -1.99. The first-order valence-corrected chi connectivity index (χ1v) is 9.07. The lowest BCUT2D eigenvalue weighted by molar-refractivity contribution is 0.104. The van der Waals surface area contributed by atoms with E-state index >= 15 is 0 Å². The number of carbonyl (C=O) groups excluding carboxylic acids is 1. The number of rotatable bonds is 7. The van der Waals surface area contributed by atoms with Crippen LogP contribution in [0.4, 0.5) is 0 Å². The van der Waals surface area contributed by atoms with Crippen molar-refractivity contribution in [1.29, 1.82) is 0 Å². The molecule has 0 N–H and O–H groups in total. The molecule has 0 atom stereocenters. The van der Waals surface area contributed by atoms with Crippen molar-refractivity contribution >= 4 is 23.2 Å². The van der Waals surface area contributed by atoms with Gasteiger partial charge >= 0.3 is 0 Å². The number of allylic oxidation sites excluding steroid dienone is 1. The number of aromatic nitrogens is 1. The van der Waals surface area contributed by atoms with E-state index in [1.54, 1.807) is 36.1 Å². The third kappa shape index (κ3) is 4.58. The fourth-order valence-electron chi connectivity index (χ4n) is 2.42. The minimum absolute atomic E-state index is 0.0885. The van der Waals surface area contributed by atoms with Crippen LogP contribution in [0.2, 0.25) is 0 Å². The predicted molar refractivity (Wildman–Crippen MR) is 104 cm³/mol. The van der Waals surface area contributed by atoms with Crippen LogP contribution in [-0.2, 0) is 6.61 Å². The van der Waals surface area contributed by atoms with E-state index in [0.29, 0.717) is 17.9 Å². The zero-order valence-corrected chi connectivity index (χ0v) is 15.5. The van der Waals surface area contributed by atoms with Gasteiger partial charge in [0, 0.05) is 5.38 Å². The lowest BCUT2D eigenvalue weighted by Gasteiger charge is -2.06. The number of hydrogen-bond donors (Lipinski definition) is 0. The van der Waals surface area contributed by atoms with E-state index in [-0.39, 0.29) is 5.78 Å². The van der Waals surface area contributed by atoms with E-state index < -0.39 is 0 Å². The number of nitrogens with zero attached hydrogens (tertiary/aromatic N) is 1. The molecule has 0 aliphatic carbocycles. The second kappa shape index (κ2) is 8.45. The highest BCUT2D eigenvalue weighted by Gasteiger charge is 2.09. The van der Waals surface area contributed by atoms with Crippen molar-refractivity contribution < 1.29 is 14.3 Å². The summed E-state index contributed by atoms with van der Waals surface area (Å²) in [5.41, 5.74) is 5.20. The quantitative estimate of drug-likeness (QED) is 0.440. The number of methoxy groups -OCH3 is 1. The van der Waals surface area contributed by atoms with Gasteiger partial charge in [0.25, 0.3) is 0 Å². The van der Waals surface area contributed by atoms with Gasteiger partial charge in [-0.1, -0.05) is 29.8 Å². The van der Waals surface area contributed by atoms with Crippen LogP contribution in [0.5, 0.6) is 11.5 Å². The largest absolute Gasteiger partial charge is 0.496 e. The Morgan fingerprint density at radius 2 is 2.00 bits per heavy atom. The minimum atomic E-state index is -0.0885. The van der Waals surface area contributed by atoms with Crippen LogP contribution in [0.1, 0.15) is 27.2 Å². The van der Waals surface area contributed by atoms with Crippen molar-refractivity contribution in [2.45, 2.75) is 13.5 Å². The molecule has 0 amide bonds. The molecule has 4 nitrogen and oxygen atoms in total. The first-order chi connectivity index (χ1) is 12.7. The second-order valence-corrected chi connectivity index (χ2v) is 6.46. The summed E-state index contributed by atoms with van der Waals surface area (Å²) in [5, 5.41) is 1.96. The Morgan fingerprint density at radius 3 is 2.69 bits per heavy atom. The highest BCUT2D eigenvalue weighted by atomic mass is 32.1. The molecule has 1 heterocycles. The van der Waals surface area contributed by atoms with Gasteiger partial charge in [0.2, 0.25) is 0 Å². The molecule has 0 saturated heterocycles. The molecule has 0 saturated carbocycles. The normalized spacial score (nSPS) is 10.8. The Hall–Kier alpha value is -2.92. The summed E-state index contributed by atoms with van der Waals surface area (Å²) in [6.07, 6.45) is 3.34. The number of ether oxygens (including phenoxy) is 2. The molecule has 26 heavy (non-hydrogen) atoms. The number of hydrogen-bond acceptors (Lipinski definition) is 5. The third-order valence-corrected chi connectivity index (χ3v) is 4.43. The summed E-state index contributed by atoms with van der Waals surface area (Å²) in [4.78, 5) is 16.6. The average molecular weight is 365 g/mol. The summed E-state index contributed by atoms with van der Waals surface area (Å²) in [5.74, 6) is 1.26. The number of ketones is 1. The first-order valence-electron chi connectivity index (χ1n) is 8.12. The molecule has 3 rings (SSSR count). The maximum atomic E-state index is 12.5. The van der Waals surface area contributed by atoms with Crippen LogP contribution < -0.4 is 9.47 Å². The molecule has 132 valence electrons. The molecule has 0 bridgehead atoms. The molecule has 0 radical (unpaired) electrons. The molecule has 0 fully saturated rings. The van der Waals surface area contributed by atoms with Gasteiger partial charge in [-0.25, -0.2) is 4.98 Å². The number of benzene rings is 2. The highest BCUT2D eigenvalue weighted by molar-refractivity contribution is 7.07. The zero-order chi connectivity index (χ0) is 18.4. The number of carbonyl (C=O) groups is 1.